The van der Waals surface area contributed by atoms with Crippen molar-refractivity contribution in [2.45, 2.75) is 52.4 Å². The van der Waals surface area contributed by atoms with Gasteiger partial charge in [-0.3, -0.25) is 9.36 Å². The van der Waals surface area contributed by atoms with E-state index in [0.717, 1.165) is 16.0 Å². The van der Waals surface area contributed by atoms with Crippen LogP contribution in [0.4, 0.5) is 5.00 Å². The molecule has 36 heavy (non-hydrogen) atoms. The van der Waals surface area contributed by atoms with Gasteiger partial charge in [0.15, 0.2) is 17.1 Å². The summed E-state index contributed by atoms with van der Waals surface area (Å²) in [4.78, 5) is 26.1. The van der Waals surface area contributed by atoms with Gasteiger partial charge in [-0.05, 0) is 57.9 Å². The maximum atomic E-state index is 12.8. The molecule has 1 amide bonds. The molecule has 0 aliphatic heterocycles. The number of carbonyl (C=O) groups is 2. The van der Waals surface area contributed by atoms with Crippen LogP contribution < -0.4 is 10.1 Å². The predicted octanol–water partition coefficient (Wildman–Crippen LogP) is 6.15. The van der Waals surface area contributed by atoms with E-state index >= 15 is 0 Å². The molecular formula is C25H29ClN4O4S2. The van der Waals surface area contributed by atoms with Crippen LogP contribution in [0.1, 0.15) is 52.1 Å². The van der Waals surface area contributed by atoms with Crippen LogP contribution in [0.3, 0.4) is 0 Å². The van der Waals surface area contributed by atoms with E-state index in [0.29, 0.717) is 38.9 Å². The van der Waals surface area contributed by atoms with Gasteiger partial charge in [-0.25, -0.2) is 4.79 Å². The van der Waals surface area contributed by atoms with Crippen LogP contribution in [-0.4, -0.2) is 39.0 Å². The largest absolute Gasteiger partial charge is 0.481 e. The van der Waals surface area contributed by atoms with Crippen molar-refractivity contribution in [3.8, 4) is 5.75 Å². The van der Waals surface area contributed by atoms with Gasteiger partial charge in [0, 0.05) is 11.4 Å². The monoisotopic (exact) mass is 548 g/mol. The number of aryl methyl sites for hydroxylation is 2. The normalized spacial score (nSPS) is 11.7. The quantitative estimate of drug-likeness (QED) is 0.174. The third-order valence-electron chi connectivity index (χ3n) is 5.26. The molecule has 192 valence electrons. The van der Waals surface area contributed by atoms with E-state index in [1.807, 2.05) is 44.4 Å². The first-order valence-corrected chi connectivity index (χ1v) is 13.5. The molecule has 0 radical (unpaired) electrons. The molecule has 1 aromatic carbocycles. The Morgan fingerprint density at radius 2 is 2.06 bits per heavy atom. The minimum Gasteiger partial charge on any atom is -0.481 e. The number of amides is 1. The summed E-state index contributed by atoms with van der Waals surface area (Å²) in [6.07, 6.45) is 1.29. The Bertz CT molecular complexity index is 1270. The molecule has 0 bridgehead atoms. The van der Waals surface area contributed by atoms with Gasteiger partial charge < -0.3 is 14.8 Å². The zero-order valence-corrected chi connectivity index (χ0v) is 23.3. The average molecular weight is 549 g/mol. The van der Waals surface area contributed by atoms with Crippen molar-refractivity contribution in [2.24, 2.45) is 0 Å². The summed E-state index contributed by atoms with van der Waals surface area (Å²) in [6, 6.07) is 5.57. The summed E-state index contributed by atoms with van der Waals surface area (Å²) >= 11 is 8.87. The van der Waals surface area contributed by atoms with Crippen LogP contribution in [0, 0.1) is 20.8 Å². The van der Waals surface area contributed by atoms with E-state index in [2.05, 4.69) is 22.1 Å². The first-order valence-electron chi connectivity index (χ1n) is 11.3. The number of esters is 1. The van der Waals surface area contributed by atoms with Gasteiger partial charge in [0.1, 0.15) is 10.8 Å². The number of ether oxygens (including phenoxy) is 2. The maximum absolute atomic E-state index is 12.8. The molecule has 0 aliphatic carbocycles. The predicted molar refractivity (Wildman–Crippen MR) is 145 cm³/mol. The van der Waals surface area contributed by atoms with E-state index in [-0.39, 0.29) is 18.3 Å². The molecule has 3 aromatic rings. The molecule has 2 aromatic heterocycles. The van der Waals surface area contributed by atoms with Crippen LogP contribution in [-0.2, 0) is 16.1 Å². The molecule has 0 fully saturated rings. The zero-order chi connectivity index (χ0) is 26.4. The Kier molecular flexibility index (Phi) is 9.58. The van der Waals surface area contributed by atoms with Crippen molar-refractivity contribution in [3.63, 3.8) is 0 Å². The lowest BCUT2D eigenvalue weighted by Gasteiger charge is -2.17. The molecule has 1 atom stereocenters. The maximum Gasteiger partial charge on any atom is 0.341 e. The number of nitrogens with one attached hydrogen (secondary N) is 1. The number of nitrogens with zero attached hydrogens (tertiary/aromatic N) is 3. The standard InChI is InChI=1S/C25H29ClN4O4S2/c1-7-11-30-22(16(5)34-19-12-14(3)9-10-18(19)26)28-29-25(30)35-13-20(31)27-23-21(24(32)33-8-2)15(4)17(6)36-23/h7,9-10,12,16H,1,8,11,13H2,2-6H3,(H,27,31). The Balaban J connectivity index is 1.72. The lowest BCUT2D eigenvalue weighted by atomic mass is 10.1. The minimum atomic E-state index is -0.444. The first kappa shape index (κ1) is 27.8. The van der Waals surface area contributed by atoms with Gasteiger partial charge in [0.2, 0.25) is 5.91 Å². The van der Waals surface area contributed by atoms with E-state index in [9.17, 15) is 9.59 Å². The summed E-state index contributed by atoms with van der Waals surface area (Å²) < 4.78 is 13.1. The number of aromatic nitrogens is 3. The molecule has 2 heterocycles. The van der Waals surface area contributed by atoms with E-state index in [4.69, 9.17) is 21.1 Å². The molecule has 1 N–H and O–H groups in total. The molecule has 3 rings (SSSR count). The fourth-order valence-corrected chi connectivity index (χ4v) is 5.39. The van der Waals surface area contributed by atoms with Gasteiger partial charge in [0.25, 0.3) is 0 Å². The minimum absolute atomic E-state index is 0.0759. The number of thioether (sulfide) groups is 1. The molecule has 0 spiro atoms. The second kappa shape index (κ2) is 12.4. The van der Waals surface area contributed by atoms with Crippen LogP contribution in [0.15, 0.2) is 36.0 Å². The van der Waals surface area contributed by atoms with Crippen molar-refractivity contribution in [1.29, 1.82) is 0 Å². The number of benzene rings is 1. The zero-order valence-electron chi connectivity index (χ0n) is 20.9. The molecule has 11 heteroatoms. The number of hydrogen-bond acceptors (Lipinski definition) is 8. The van der Waals surface area contributed by atoms with Crippen molar-refractivity contribution in [1.82, 2.24) is 14.8 Å². The molecule has 0 saturated carbocycles. The van der Waals surface area contributed by atoms with E-state index in [1.165, 1.54) is 23.1 Å². The number of carbonyl (C=O) groups excluding carboxylic acids is 2. The summed E-state index contributed by atoms with van der Waals surface area (Å²) in [5.74, 6) is 0.513. The molecule has 0 aliphatic rings. The fourth-order valence-electron chi connectivity index (χ4n) is 3.41. The lowest BCUT2D eigenvalue weighted by Crippen LogP contribution is -2.17. The van der Waals surface area contributed by atoms with Crippen LogP contribution in [0.25, 0.3) is 0 Å². The van der Waals surface area contributed by atoms with Gasteiger partial charge in [0.05, 0.1) is 22.9 Å². The lowest BCUT2D eigenvalue weighted by molar-refractivity contribution is -0.113. The fraction of sp³-hybridized carbons (Fsp3) is 0.360. The van der Waals surface area contributed by atoms with Crippen molar-refractivity contribution in [3.05, 3.63) is 63.3 Å². The van der Waals surface area contributed by atoms with Gasteiger partial charge in [-0.15, -0.1) is 28.1 Å². The molecule has 0 saturated heterocycles. The average Bonchev–Trinajstić information content (AvgIpc) is 3.35. The molecular weight excluding hydrogens is 520 g/mol. The van der Waals surface area contributed by atoms with Crippen molar-refractivity contribution < 1.29 is 19.1 Å². The number of thiophene rings is 1. The molecule has 8 nitrogen and oxygen atoms in total. The Morgan fingerprint density at radius 3 is 2.75 bits per heavy atom. The summed E-state index contributed by atoms with van der Waals surface area (Å²) in [5.41, 5.74) is 2.23. The Hall–Kier alpha value is -2.82. The Labute approximate surface area is 224 Å². The van der Waals surface area contributed by atoms with E-state index < -0.39 is 12.1 Å². The first-order chi connectivity index (χ1) is 17.2. The number of rotatable bonds is 11. The van der Waals surface area contributed by atoms with Crippen LogP contribution in [0.5, 0.6) is 5.75 Å². The van der Waals surface area contributed by atoms with Crippen molar-refractivity contribution >= 4 is 51.6 Å². The number of hydrogen-bond donors (Lipinski definition) is 1. The van der Waals surface area contributed by atoms with Gasteiger partial charge in [-0.1, -0.05) is 35.5 Å². The van der Waals surface area contributed by atoms with Gasteiger partial charge >= 0.3 is 5.97 Å². The highest BCUT2D eigenvalue weighted by atomic mass is 35.5. The van der Waals surface area contributed by atoms with Crippen molar-refractivity contribution in [2.75, 3.05) is 17.7 Å². The van der Waals surface area contributed by atoms with Crippen LogP contribution in [0.2, 0.25) is 5.02 Å². The Morgan fingerprint density at radius 1 is 1.31 bits per heavy atom. The summed E-state index contributed by atoms with van der Waals surface area (Å²) in [6.45, 7) is 13.8. The number of halogens is 1. The molecule has 1 unspecified atom stereocenters. The topological polar surface area (TPSA) is 95.3 Å². The second-order valence-electron chi connectivity index (χ2n) is 7.98. The second-order valence-corrected chi connectivity index (χ2v) is 10.6. The van der Waals surface area contributed by atoms with Gasteiger partial charge in [-0.2, -0.15) is 0 Å². The third-order valence-corrected chi connectivity index (χ3v) is 7.66. The highest BCUT2D eigenvalue weighted by molar-refractivity contribution is 7.99. The van der Waals surface area contributed by atoms with E-state index in [1.54, 1.807) is 19.1 Å². The smallest absolute Gasteiger partial charge is 0.341 e. The number of allylic oxidation sites excluding steroid dienone is 1. The summed E-state index contributed by atoms with van der Waals surface area (Å²) in [5, 5.41) is 13.0. The SMILES string of the molecule is C=CCn1c(SCC(=O)Nc2sc(C)c(C)c2C(=O)OCC)nnc1C(C)Oc1cc(C)ccc1Cl. The van der Waals surface area contributed by atoms with Crippen LogP contribution >= 0.6 is 34.7 Å². The highest BCUT2D eigenvalue weighted by Gasteiger charge is 2.23. The summed E-state index contributed by atoms with van der Waals surface area (Å²) in [7, 11) is 0. The number of anilines is 1. The highest BCUT2D eigenvalue weighted by Crippen LogP contribution is 2.34. The third kappa shape index (κ3) is 6.48.